The molecular formula is C16H11BrF2O4. The van der Waals surface area contributed by atoms with E-state index in [1.807, 2.05) is 0 Å². The van der Waals surface area contributed by atoms with Gasteiger partial charge < -0.3 is 9.47 Å². The molecule has 0 aliphatic rings. The predicted octanol–water partition coefficient (Wildman–Crippen LogP) is 4.12. The molecule has 0 unspecified atom stereocenters. The summed E-state index contributed by atoms with van der Waals surface area (Å²) in [7, 11) is 0. The SMILES string of the molecule is CCOC(=O)c1cc(Br)ccc1OC(=O)c1c(F)cccc1F. The van der Waals surface area contributed by atoms with Crippen LogP contribution in [0.4, 0.5) is 8.78 Å². The zero-order valence-corrected chi connectivity index (χ0v) is 13.5. The van der Waals surface area contributed by atoms with Crippen molar-refractivity contribution in [2.75, 3.05) is 6.61 Å². The van der Waals surface area contributed by atoms with Crippen molar-refractivity contribution < 1.29 is 27.8 Å². The van der Waals surface area contributed by atoms with Gasteiger partial charge in [0.25, 0.3) is 0 Å². The molecule has 120 valence electrons. The molecule has 0 atom stereocenters. The van der Waals surface area contributed by atoms with Crippen molar-refractivity contribution in [1.29, 1.82) is 0 Å². The molecule has 0 N–H and O–H groups in total. The largest absolute Gasteiger partial charge is 0.462 e. The second-order valence-corrected chi connectivity index (χ2v) is 5.26. The number of hydrogen-bond acceptors (Lipinski definition) is 4. The first-order chi connectivity index (χ1) is 10.9. The summed E-state index contributed by atoms with van der Waals surface area (Å²) < 4.78 is 37.6. The molecule has 0 aliphatic heterocycles. The van der Waals surface area contributed by atoms with Crippen molar-refractivity contribution in [3.8, 4) is 5.75 Å². The van der Waals surface area contributed by atoms with Crippen LogP contribution in [-0.2, 0) is 4.74 Å². The molecule has 0 amide bonds. The summed E-state index contributed by atoms with van der Waals surface area (Å²) >= 11 is 3.18. The third kappa shape index (κ3) is 3.92. The average Bonchev–Trinajstić information content (AvgIpc) is 2.49. The van der Waals surface area contributed by atoms with Gasteiger partial charge in [-0.3, -0.25) is 0 Å². The molecule has 0 aliphatic carbocycles. The molecule has 0 spiro atoms. The first-order valence-electron chi connectivity index (χ1n) is 6.57. The summed E-state index contributed by atoms with van der Waals surface area (Å²) in [5, 5.41) is 0. The fraction of sp³-hybridized carbons (Fsp3) is 0.125. The van der Waals surface area contributed by atoms with E-state index >= 15 is 0 Å². The van der Waals surface area contributed by atoms with Gasteiger partial charge in [0.2, 0.25) is 0 Å². The quantitative estimate of drug-likeness (QED) is 0.587. The lowest BCUT2D eigenvalue weighted by Crippen LogP contribution is -2.16. The van der Waals surface area contributed by atoms with Gasteiger partial charge in [0.1, 0.15) is 28.5 Å². The molecule has 7 heteroatoms. The van der Waals surface area contributed by atoms with Crippen molar-refractivity contribution >= 4 is 27.9 Å². The Balaban J connectivity index is 2.36. The maximum Gasteiger partial charge on any atom is 0.349 e. The Hall–Kier alpha value is -2.28. The highest BCUT2D eigenvalue weighted by Crippen LogP contribution is 2.26. The Morgan fingerprint density at radius 3 is 2.35 bits per heavy atom. The molecule has 0 aromatic heterocycles. The van der Waals surface area contributed by atoms with Crippen LogP contribution >= 0.6 is 15.9 Å². The predicted molar refractivity (Wildman–Crippen MR) is 81.4 cm³/mol. The first kappa shape index (κ1) is 17.1. The molecule has 0 saturated heterocycles. The van der Waals surface area contributed by atoms with Crippen molar-refractivity contribution in [3.05, 3.63) is 63.6 Å². The highest BCUT2D eigenvalue weighted by Gasteiger charge is 2.22. The van der Waals surface area contributed by atoms with E-state index in [2.05, 4.69) is 15.9 Å². The second kappa shape index (κ2) is 7.32. The fourth-order valence-electron chi connectivity index (χ4n) is 1.80. The van der Waals surface area contributed by atoms with Gasteiger partial charge in [0.15, 0.2) is 0 Å². The average molecular weight is 385 g/mol. The minimum atomic E-state index is -1.24. The van der Waals surface area contributed by atoms with Gasteiger partial charge in [-0.2, -0.15) is 0 Å². The maximum absolute atomic E-state index is 13.6. The zero-order chi connectivity index (χ0) is 17.0. The van der Waals surface area contributed by atoms with Crippen LogP contribution in [0.2, 0.25) is 0 Å². The summed E-state index contributed by atoms with van der Waals surface area (Å²) in [6.45, 7) is 1.75. The second-order valence-electron chi connectivity index (χ2n) is 4.35. The topological polar surface area (TPSA) is 52.6 Å². The van der Waals surface area contributed by atoms with Crippen molar-refractivity contribution in [1.82, 2.24) is 0 Å². The molecule has 2 rings (SSSR count). The van der Waals surface area contributed by atoms with Gasteiger partial charge in [0, 0.05) is 4.47 Å². The lowest BCUT2D eigenvalue weighted by Gasteiger charge is -2.10. The highest BCUT2D eigenvalue weighted by molar-refractivity contribution is 9.10. The highest BCUT2D eigenvalue weighted by atomic mass is 79.9. The van der Waals surface area contributed by atoms with Gasteiger partial charge in [-0.25, -0.2) is 18.4 Å². The molecule has 2 aromatic rings. The molecule has 0 fully saturated rings. The third-order valence-electron chi connectivity index (χ3n) is 2.81. The molecule has 0 saturated carbocycles. The maximum atomic E-state index is 13.6. The van der Waals surface area contributed by atoms with Gasteiger partial charge in [-0.15, -0.1) is 0 Å². The number of hydrogen-bond donors (Lipinski definition) is 0. The Morgan fingerprint density at radius 2 is 1.74 bits per heavy atom. The Morgan fingerprint density at radius 1 is 1.09 bits per heavy atom. The smallest absolute Gasteiger partial charge is 0.349 e. The number of rotatable bonds is 4. The lowest BCUT2D eigenvalue weighted by molar-refractivity contribution is 0.0520. The van der Waals surface area contributed by atoms with Crippen LogP contribution in [0.15, 0.2) is 40.9 Å². The third-order valence-corrected chi connectivity index (χ3v) is 3.30. The standard InChI is InChI=1S/C16H11BrF2O4/c1-2-22-15(20)10-8-9(17)6-7-13(10)23-16(21)14-11(18)4-3-5-12(14)19/h3-8H,2H2,1H3. The summed E-state index contributed by atoms with van der Waals surface area (Å²) in [5.74, 6) is -4.21. The van der Waals surface area contributed by atoms with E-state index in [9.17, 15) is 18.4 Å². The minimum absolute atomic E-state index is 0.0358. The van der Waals surface area contributed by atoms with E-state index < -0.39 is 29.1 Å². The molecular weight excluding hydrogens is 374 g/mol. The monoisotopic (exact) mass is 384 g/mol. The Labute approximate surface area is 139 Å². The van der Waals surface area contributed by atoms with Crippen LogP contribution in [0.3, 0.4) is 0 Å². The number of ether oxygens (including phenoxy) is 2. The van der Waals surface area contributed by atoms with Crippen LogP contribution in [0, 0.1) is 11.6 Å². The van der Waals surface area contributed by atoms with Crippen LogP contribution in [0.25, 0.3) is 0 Å². The van der Waals surface area contributed by atoms with Crippen molar-refractivity contribution in [3.63, 3.8) is 0 Å². The van der Waals surface area contributed by atoms with Gasteiger partial charge in [0.05, 0.1) is 6.61 Å². The molecule has 0 heterocycles. The number of carbonyl (C=O) groups is 2. The van der Waals surface area contributed by atoms with Gasteiger partial charge in [-0.05, 0) is 37.3 Å². The number of esters is 2. The fourth-order valence-corrected chi connectivity index (χ4v) is 2.16. The number of benzene rings is 2. The van der Waals surface area contributed by atoms with Crippen molar-refractivity contribution in [2.24, 2.45) is 0 Å². The summed E-state index contributed by atoms with van der Waals surface area (Å²) in [5.41, 5.74) is -0.864. The van der Waals surface area contributed by atoms with E-state index in [1.165, 1.54) is 18.2 Å². The van der Waals surface area contributed by atoms with E-state index in [1.54, 1.807) is 6.92 Å². The van der Waals surface area contributed by atoms with Crippen LogP contribution in [0.1, 0.15) is 27.6 Å². The molecule has 0 bridgehead atoms. The van der Waals surface area contributed by atoms with E-state index in [0.717, 1.165) is 18.2 Å². The van der Waals surface area contributed by atoms with E-state index in [0.29, 0.717) is 4.47 Å². The van der Waals surface area contributed by atoms with Gasteiger partial charge in [-0.1, -0.05) is 22.0 Å². The molecule has 4 nitrogen and oxygen atoms in total. The van der Waals surface area contributed by atoms with Crippen LogP contribution in [0.5, 0.6) is 5.75 Å². The first-order valence-corrected chi connectivity index (χ1v) is 7.36. The normalized spacial score (nSPS) is 10.3. The van der Waals surface area contributed by atoms with Crippen molar-refractivity contribution in [2.45, 2.75) is 6.92 Å². The number of halogens is 3. The molecule has 2 aromatic carbocycles. The summed E-state index contributed by atoms with van der Waals surface area (Å²) in [6.07, 6.45) is 0. The van der Waals surface area contributed by atoms with Gasteiger partial charge >= 0.3 is 11.9 Å². The zero-order valence-electron chi connectivity index (χ0n) is 11.9. The Kier molecular flexibility index (Phi) is 5.44. The van der Waals surface area contributed by atoms with Crippen LogP contribution < -0.4 is 4.74 Å². The summed E-state index contributed by atoms with van der Waals surface area (Å²) in [6, 6.07) is 7.24. The lowest BCUT2D eigenvalue weighted by atomic mass is 10.2. The molecule has 23 heavy (non-hydrogen) atoms. The number of carbonyl (C=O) groups excluding carboxylic acids is 2. The van der Waals surface area contributed by atoms with E-state index in [4.69, 9.17) is 9.47 Å². The van der Waals surface area contributed by atoms with E-state index in [-0.39, 0.29) is 17.9 Å². The molecule has 0 radical (unpaired) electrons. The minimum Gasteiger partial charge on any atom is -0.462 e. The Bertz CT molecular complexity index is 741. The van der Waals surface area contributed by atoms with Crippen LogP contribution in [-0.4, -0.2) is 18.5 Å². The summed E-state index contributed by atoms with van der Waals surface area (Å²) in [4.78, 5) is 23.9.